The molecule has 0 amide bonds. The van der Waals surface area contributed by atoms with Gasteiger partial charge in [0.1, 0.15) is 11.3 Å². The zero-order valence-corrected chi connectivity index (χ0v) is 9.12. The fourth-order valence-corrected chi connectivity index (χ4v) is 1.13. The standard InChI is InChI=1S/C9H14F3N3O/c1-8(2,16)7-6-15(14-13-7)5-3-4-9(10,11)12/h6,16H,3-5H2,1-2H3. The maximum absolute atomic E-state index is 11.9. The average Bonchev–Trinajstić information content (AvgIpc) is 2.49. The molecule has 0 aliphatic rings. The molecule has 7 heteroatoms. The average molecular weight is 237 g/mol. The second-order valence-electron chi connectivity index (χ2n) is 4.14. The summed E-state index contributed by atoms with van der Waals surface area (Å²) in [5.41, 5.74) is -0.776. The van der Waals surface area contributed by atoms with E-state index >= 15 is 0 Å². The van der Waals surface area contributed by atoms with Gasteiger partial charge in [0.25, 0.3) is 0 Å². The van der Waals surface area contributed by atoms with Gasteiger partial charge >= 0.3 is 6.18 Å². The lowest BCUT2D eigenvalue weighted by Crippen LogP contribution is -2.15. The molecule has 1 rings (SSSR count). The van der Waals surface area contributed by atoms with Crippen molar-refractivity contribution in [3.05, 3.63) is 11.9 Å². The van der Waals surface area contributed by atoms with Crippen LogP contribution in [0.15, 0.2) is 6.20 Å². The first-order chi connectivity index (χ1) is 7.18. The second kappa shape index (κ2) is 4.40. The number of aliphatic hydroxyl groups is 1. The van der Waals surface area contributed by atoms with Crippen LogP contribution in [0.25, 0.3) is 0 Å². The smallest absolute Gasteiger partial charge is 0.384 e. The van der Waals surface area contributed by atoms with Crippen molar-refractivity contribution < 1.29 is 18.3 Å². The van der Waals surface area contributed by atoms with Crippen molar-refractivity contribution in [3.63, 3.8) is 0 Å². The zero-order chi connectivity index (χ0) is 12.4. The second-order valence-corrected chi connectivity index (χ2v) is 4.14. The summed E-state index contributed by atoms with van der Waals surface area (Å²) in [4.78, 5) is 0. The molecule has 1 heterocycles. The van der Waals surface area contributed by atoms with E-state index < -0.39 is 18.2 Å². The third-order valence-electron chi connectivity index (χ3n) is 2.01. The largest absolute Gasteiger partial charge is 0.389 e. The number of hydrogen-bond donors (Lipinski definition) is 1. The van der Waals surface area contributed by atoms with Crippen molar-refractivity contribution in [1.29, 1.82) is 0 Å². The summed E-state index contributed by atoms with van der Waals surface area (Å²) in [7, 11) is 0. The van der Waals surface area contributed by atoms with Gasteiger partial charge in [0.15, 0.2) is 0 Å². The number of hydrogen-bond acceptors (Lipinski definition) is 3. The molecule has 0 aliphatic heterocycles. The number of rotatable bonds is 4. The van der Waals surface area contributed by atoms with E-state index in [2.05, 4.69) is 10.3 Å². The first-order valence-electron chi connectivity index (χ1n) is 4.88. The number of aromatic nitrogens is 3. The van der Waals surface area contributed by atoms with Gasteiger partial charge in [-0.3, -0.25) is 4.68 Å². The van der Waals surface area contributed by atoms with Crippen LogP contribution in [-0.2, 0) is 12.1 Å². The van der Waals surface area contributed by atoms with Gasteiger partial charge in [0, 0.05) is 13.0 Å². The van der Waals surface area contributed by atoms with Gasteiger partial charge in [-0.1, -0.05) is 5.21 Å². The van der Waals surface area contributed by atoms with E-state index in [9.17, 15) is 18.3 Å². The van der Waals surface area contributed by atoms with Gasteiger partial charge in [0.2, 0.25) is 0 Å². The molecule has 1 N–H and O–H groups in total. The highest BCUT2D eigenvalue weighted by Crippen LogP contribution is 2.22. The van der Waals surface area contributed by atoms with Crippen molar-refractivity contribution in [2.45, 2.75) is 45.0 Å². The van der Waals surface area contributed by atoms with E-state index in [1.165, 1.54) is 24.7 Å². The third-order valence-corrected chi connectivity index (χ3v) is 2.01. The molecule has 0 bridgehead atoms. The Morgan fingerprint density at radius 1 is 1.38 bits per heavy atom. The van der Waals surface area contributed by atoms with Crippen molar-refractivity contribution in [3.8, 4) is 0 Å². The Morgan fingerprint density at radius 3 is 2.44 bits per heavy atom. The quantitative estimate of drug-likeness (QED) is 0.869. The molecule has 4 nitrogen and oxygen atoms in total. The Hall–Kier alpha value is -1.11. The molecule has 1 aromatic rings. The summed E-state index contributed by atoms with van der Waals surface area (Å²) in [6, 6.07) is 0. The molecule has 0 fully saturated rings. The van der Waals surface area contributed by atoms with E-state index in [-0.39, 0.29) is 13.0 Å². The van der Waals surface area contributed by atoms with E-state index in [1.807, 2.05) is 0 Å². The fraction of sp³-hybridized carbons (Fsp3) is 0.778. The summed E-state index contributed by atoms with van der Waals surface area (Å²) >= 11 is 0. The number of nitrogens with zero attached hydrogens (tertiary/aromatic N) is 3. The lowest BCUT2D eigenvalue weighted by molar-refractivity contribution is -0.136. The normalized spacial score (nSPS) is 13.1. The predicted molar refractivity (Wildman–Crippen MR) is 50.6 cm³/mol. The van der Waals surface area contributed by atoms with Gasteiger partial charge in [-0.05, 0) is 20.3 Å². The topological polar surface area (TPSA) is 50.9 Å². The van der Waals surface area contributed by atoms with Gasteiger partial charge in [-0.25, -0.2) is 0 Å². The Balaban J connectivity index is 2.48. The van der Waals surface area contributed by atoms with E-state index in [1.54, 1.807) is 0 Å². The van der Waals surface area contributed by atoms with Crippen LogP contribution in [0.5, 0.6) is 0 Å². The molecular weight excluding hydrogens is 223 g/mol. The van der Waals surface area contributed by atoms with Crippen LogP contribution in [0.2, 0.25) is 0 Å². The number of alkyl halides is 3. The summed E-state index contributed by atoms with van der Waals surface area (Å²) in [5.74, 6) is 0. The van der Waals surface area contributed by atoms with Crippen LogP contribution in [0, 0.1) is 0 Å². The minimum atomic E-state index is -4.14. The molecule has 0 unspecified atom stereocenters. The summed E-state index contributed by atoms with van der Waals surface area (Å²) in [5, 5.41) is 16.9. The lowest BCUT2D eigenvalue weighted by Gasteiger charge is -2.11. The van der Waals surface area contributed by atoms with Crippen LogP contribution in [0.4, 0.5) is 13.2 Å². The maximum Gasteiger partial charge on any atom is 0.389 e. The first-order valence-corrected chi connectivity index (χ1v) is 4.88. The lowest BCUT2D eigenvalue weighted by atomic mass is 10.1. The van der Waals surface area contributed by atoms with E-state index in [0.717, 1.165) is 0 Å². The first kappa shape index (κ1) is 13.0. The summed E-state index contributed by atoms with van der Waals surface area (Å²) in [6.45, 7) is 3.22. The molecule has 0 aliphatic carbocycles. The van der Waals surface area contributed by atoms with Crippen molar-refractivity contribution in [2.24, 2.45) is 0 Å². The van der Waals surface area contributed by atoms with Gasteiger partial charge < -0.3 is 5.11 Å². The Bertz CT molecular complexity index is 341. The minimum Gasteiger partial charge on any atom is -0.384 e. The highest BCUT2D eigenvalue weighted by atomic mass is 19.4. The van der Waals surface area contributed by atoms with Crippen molar-refractivity contribution in [1.82, 2.24) is 15.0 Å². The molecule has 0 aromatic carbocycles. The fourth-order valence-electron chi connectivity index (χ4n) is 1.13. The molecule has 0 spiro atoms. The van der Waals surface area contributed by atoms with Crippen LogP contribution in [0.1, 0.15) is 32.4 Å². The molecule has 0 radical (unpaired) electrons. The van der Waals surface area contributed by atoms with Crippen LogP contribution >= 0.6 is 0 Å². The number of halogens is 3. The van der Waals surface area contributed by atoms with Gasteiger partial charge in [-0.2, -0.15) is 13.2 Å². The van der Waals surface area contributed by atoms with Crippen LogP contribution in [-0.4, -0.2) is 26.3 Å². The Morgan fingerprint density at radius 2 is 2.00 bits per heavy atom. The third kappa shape index (κ3) is 4.18. The SMILES string of the molecule is CC(C)(O)c1cn(CCCC(F)(F)F)nn1. The van der Waals surface area contributed by atoms with Crippen LogP contribution < -0.4 is 0 Å². The molecular formula is C9H14F3N3O. The van der Waals surface area contributed by atoms with E-state index in [4.69, 9.17) is 0 Å². The summed E-state index contributed by atoms with van der Waals surface area (Å²) in [6.07, 6.45) is -3.57. The highest BCUT2D eigenvalue weighted by molar-refractivity contribution is 5.02. The monoisotopic (exact) mass is 237 g/mol. The van der Waals surface area contributed by atoms with Gasteiger partial charge in [0.05, 0.1) is 6.20 Å². The summed E-state index contributed by atoms with van der Waals surface area (Å²) < 4.78 is 36.9. The predicted octanol–water partition coefficient (Wildman–Crippen LogP) is 1.85. The number of aryl methyl sites for hydroxylation is 1. The molecule has 16 heavy (non-hydrogen) atoms. The van der Waals surface area contributed by atoms with Gasteiger partial charge in [-0.15, -0.1) is 5.10 Å². The molecule has 0 saturated carbocycles. The minimum absolute atomic E-state index is 0.0435. The maximum atomic E-state index is 11.9. The van der Waals surface area contributed by atoms with Crippen molar-refractivity contribution in [2.75, 3.05) is 0 Å². The Labute approximate surface area is 91.1 Å². The van der Waals surface area contributed by atoms with Crippen molar-refractivity contribution >= 4 is 0 Å². The van der Waals surface area contributed by atoms with Crippen LogP contribution in [0.3, 0.4) is 0 Å². The molecule has 0 atom stereocenters. The molecule has 92 valence electrons. The highest BCUT2D eigenvalue weighted by Gasteiger charge is 2.26. The van der Waals surface area contributed by atoms with E-state index in [0.29, 0.717) is 5.69 Å². The Kier molecular flexibility index (Phi) is 3.57. The molecule has 0 saturated heterocycles. The molecule has 1 aromatic heterocycles. The zero-order valence-electron chi connectivity index (χ0n) is 9.12.